The van der Waals surface area contributed by atoms with E-state index in [1.807, 2.05) is 45.0 Å². The van der Waals surface area contributed by atoms with E-state index in [0.717, 1.165) is 16.8 Å². The fourth-order valence-electron chi connectivity index (χ4n) is 1.97. The molecule has 5 nitrogen and oxygen atoms in total. The van der Waals surface area contributed by atoms with E-state index in [-0.39, 0.29) is 5.75 Å². The molecule has 0 spiro atoms. The summed E-state index contributed by atoms with van der Waals surface area (Å²) >= 11 is 0. The van der Waals surface area contributed by atoms with Crippen LogP contribution in [0.4, 0.5) is 17.2 Å². The summed E-state index contributed by atoms with van der Waals surface area (Å²) in [5.74, 6) is 0.636. The summed E-state index contributed by atoms with van der Waals surface area (Å²) in [6.07, 6.45) is 1.65. The van der Waals surface area contributed by atoms with Crippen LogP contribution in [0.3, 0.4) is 0 Å². The van der Waals surface area contributed by atoms with Gasteiger partial charge in [-0.3, -0.25) is 0 Å². The molecule has 0 saturated carbocycles. The maximum atomic E-state index is 10.1. The van der Waals surface area contributed by atoms with Crippen LogP contribution in [0.2, 0.25) is 0 Å². The first-order chi connectivity index (χ1) is 9.50. The van der Waals surface area contributed by atoms with Crippen molar-refractivity contribution in [3.8, 4) is 5.75 Å². The molecule has 0 amide bonds. The normalized spacial score (nSPS) is 11.0. The standard InChI is InChI=1S/C15H18N4O/c1-10-11(2)15(13(20)9-12(10)19(3)4)18-17-14-7-5-6-8-16-14/h5-9,20H,1-4H3/b18-17+. The van der Waals surface area contributed by atoms with Gasteiger partial charge in [0.05, 0.1) is 0 Å². The molecular formula is C15H18N4O. The van der Waals surface area contributed by atoms with E-state index in [0.29, 0.717) is 11.5 Å². The van der Waals surface area contributed by atoms with Crippen molar-refractivity contribution in [3.63, 3.8) is 0 Å². The molecule has 0 aliphatic carbocycles. The van der Waals surface area contributed by atoms with Gasteiger partial charge in [-0.25, -0.2) is 4.98 Å². The van der Waals surface area contributed by atoms with Crippen LogP contribution in [0.1, 0.15) is 11.1 Å². The van der Waals surface area contributed by atoms with E-state index in [1.54, 1.807) is 18.3 Å². The summed E-state index contributed by atoms with van der Waals surface area (Å²) in [5, 5.41) is 18.3. The summed E-state index contributed by atoms with van der Waals surface area (Å²) < 4.78 is 0. The lowest BCUT2D eigenvalue weighted by atomic mass is 10.0. The average molecular weight is 270 g/mol. The zero-order chi connectivity index (χ0) is 14.7. The van der Waals surface area contributed by atoms with Crippen LogP contribution in [-0.4, -0.2) is 24.2 Å². The number of aromatic nitrogens is 1. The largest absolute Gasteiger partial charge is 0.506 e. The highest BCUT2D eigenvalue weighted by Gasteiger charge is 2.13. The molecule has 0 saturated heterocycles. The molecule has 20 heavy (non-hydrogen) atoms. The molecule has 0 unspecified atom stereocenters. The summed E-state index contributed by atoms with van der Waals surface area (Å²) in [6, 6.07) is 7.12. The van der Waals surface area contributed by atoms with Crippen LogP contribution in [0.15, 0.2) is 40.7 Å². The maximum absolute atomic E-state index is 10.1. The van der Waals surface area contributed by atoms with Crippen molar-refractivity contribution in [2.45, 2.75) is 13.8 Å². The van der Waals surface area contributed by atoms with Crippen molar-refractivity contribution in [1.82, 2.24) is 4.98 Å². The Morgan fingerprint density at radius 1 is 1.10 bits per heavy atom. The number of hydrogen-bond acceptors (Lipinski definition) is 5. The molecule has 2 aromatic rings. The molecule has 0 aliphatic heterocycles. The lowest BCUT2D eigenvalue weighted by Gasteiger charge is -2.18. The van der Waals surface area contributed by atoms with Gasteiger partial charge in [0.2, 0.25) is 0 Å². The SMILES string of the molecule is Cc1c(N(C)C)cc(O)c(/N=N/c2ccccn2)c1C. The fraction of sp³-hybridized carbons (Fsp3) is 0.267. The Balaban J connectivity index is 2.43. The topological polar surface area (TPSA) is 61.1 Å². The van der Waals surface area contributed by atoms with Crippen molar-refractivity contribution >= 4 is 17.2 Å². The van der Waals surface area contributed by atoms with Crippen LogP contribution in [0.5, 0.6) is 5.75 Å². The van der Waals surface area contributed by atoms with Crippen LogP contribution in [0.25, 0.3) is 0 Å². The highest BCUT2D eigenvalue weighted by Crippen LogP contribution is 2.38. The smallest absolute Gasteiger partial charge is 0.174 e. The lowest BCUT2D eigenvalue weighted by Crippen LogP contribution is -2.10. The van der Waals surface area contributed by atoms with Gasteiger partial charge >= 0.3 is 0 Å². The Hall–Kier alpha value is -2.43. The first-order valence-electron chi connectivity index (χ1n) is 6.34. The minimum absolute atomic E-state index is 0.122. The van der Waals surface area contributed by atoms with Crippen molar-refractivity contribution in [2.75, 3.05) is 19.0 Å². The molecule has 1 aromatic heterocycles. The number of nitrogens with zero attached hydrogens (tertiary/aromatic N) is 4. The highest BCUT2D eigenvalue weighted by molar-refractivity contribution is 5.69. The molecule has 5 heteroatoms. The average Bonchev–Trinajstić information content (AvgIpc) is 2.43. The third-order valence-electron chi connectivity index (χ3n) is 3.20. The molecule has 104 valence electrons. The predicted molar refractivity (Wildman–Crippen MR) is 80.3 cm³/mol. The van der Waals surface area contributed by atoms with Gasteiger partial charge in [0, 0.05) is 32.0 Å². The molecule has 0 atom stereocenters. The predicted octanol–water partition coefficient (Wildman–Crippen LogP) is 3.89. The van der Waals surface area contributed by atoms with Gasteiger partial charge < -0.3 is 10.0 Å². The second kappa shape index (κ2) is 5.69. The molecule has 1 N–H and O–H groups in total. The molecular weight excluding hydrogens is 252 g/mol. The van der Waals surface area contributed by atoms with E-state index in [1.165, 1.54) is 0 Å². The maximum Gasteiger partial charge on any atom is 0.174 e. The summed E-state index contributed by atoms with van der Waals surface area (Å²) in [7, 11) is 3.88. The first-order valence-corrected chi connectivity index (χ1v) is 6.34. The number of rotatable bonds is 3. The van der Waals surface area contributed by atoms with E-state index in [4.69, 9.17) is 0 Å². The van der Waals surface area contributed by atoms with Crippen molar-refractivity contribution in [1.29, 1.82) is 0 Å². The third kappa shape index (κ3) is 2.77. The van der Waals surface area contributed by atoms with Gasteiger partial charge in [0.15, 0.2) is 5.82 Å². The van der Waals surface area contributed by atoms with E-state index in [2.05, 4.69) is 15.2 Å². The van der Waals surface area contributed by atoms with E-state index >= 15 is 0 Å². The second-order valence-corrected chi connectivity index (χ2v) is 4.80. The summed E-state index contributed by atoms with van der Waals surface area (Å²) in [6.45, 7) is 3.93. The van der Waals surface area contributed by atoms with Gasteiger partial charge in [-0.15, -0.1) is 10.2 Å². The van der Waals surface area contributed by atoms with Crippen molar-refractivity contribution in [3.05, 3.63) is 41.6 Å². The van der Waals surface area contributed by atoms with Gasteiger partial charge in [-0.05, 0) is 37.1 Å². The molecule has 0 bridgehead atoms. The zero-order valence-electron chi connectivity index (χ0n) is 12.1. The minimum atomic E-state index is 0.122. The third-order valence-corrected chi connectivity index (χ3v) is 3.20. The van der Waals surface area contributed by atoms with Crippen LogP contribution >= 0.6 is 0 Å². The number of phenols is 1. The second-order valence-electron chi connectivity index (χ2n) is 4.80. The Labute approximate surface area is 118 Å². The molecule has 1 heterocycles. The summed E-state index contributed by atoms with van der Waals surface area (Å²) in [4.78, 5) is 6.03. The van der Waals surface area contributed by atoms with Crippen LogP contribution in [-0.2, 0) is 0 Å². The zero-order valence-corrected chi connectivity index (χ0v) is 12.1. The van der Waals surface area contributed by atoms with E-state index in [9.17, 15) is 5.11 Å². The Kier molecular flexibility index (Phi) is 3.98. The number of phenolic OH excluding ortho intramolecular Hbond substituents is 1. The van der Waals surface area contributed by atoms with Crippen molar-refractivity contribution < 1.29 is 5.11 Å². The first kappa shape index (κ1) is 14.0. The molecule has 1 aromatic carbocycles. The van der Waals surface area contributed by atoms with E-state index < -0.39 is 0 Å². The molecule has 0 radical (unpaired) electrons. The van der Waals surface area contributed by atoms with Crippen molar-refractivity contribution in [2.24, 2.45) is 10.2 Å². The van der Waals surface area contributed by atoms with Gasteiger partial charge in [0.25, 0.3) is 0 Å². The number of anilines is 1. The van der Waals surface area contributed by atoms with Gasteiger partial charge in [-0.1, -0.05) is 6.07 Å². The quantitative estimate of drug-likeness (QED) is 0.861. The minimum Gasteiger partial charge on any atom is -0.506 e. The number of azo groups is 1. The summed E-state index contributed by atoms with van der Waals surface area (Å²) in [5.41, 5.74) is 3.44. The highest BCUT2D eigenvalue weighted by atomic mass is 16.3. The Bertz CT molecular complexity index is 636. The number of benzene rings is 1. The van der Waals surface area contributed by atoms with Crippen LogP contribution < -0.4 is 4.90 Å². The van der Waals surface area contributed by atoms with Gasteiger partial charge in [-0.2, -0.15) is 0 Å². The molecule has 0 aliphatic rings. The van der Waals surface area contributed by atoms with Crippen LogP contribution in [0, 0.1) is 13.8 Å². The fourth-order valence-corrected chi connectivity index (χ4v) is 1.97. The Morgan fingerprint density at radius 3 is 2.45 bits per heavy atom. The number of hydrogen-bond donors (Lipinski definition) is 1. The monoisotopic (exact) mass is 270 g/mol. The molecule has 0 fully saturated rings. The number of aromatic hydroxyl groups is 1. The number of pyridine rings is 1. The lowest BCUT2D eigenvalue weighted by molar-refractivity contribution is 0.476. The van der Waals surface area contributed by atoms with Gasteiger partial charge in [0.1, 0.15) is 11.4 Å². The Morgan fingerprint density at radius 2 is 1.85 bits per heavy atom. The molecule has 2 rings (SSSR count).